The predicted molar refractivity (Wildman–Crippen MR) is 123 cm³/mol. The first kappa shape index (κ1) is 19.4. The molecule has 1 amide bonds. The highest BCUT2D eigenvalue weighted by Crippen LogP contribution is 2.23. The Balaban J connectivity index is 1.30. The lowest BCUT2D eigenvalue weighted by Gasteiger charge is -2.32. The van der Waals surface area contributed by atoms with Crippen molar-refractivity contribution in [2.24, 2.45) is 0 Å². The van der Waals surface area contributed by atoms with Gasteiger partial charge in [0.2, 0.25) is 0 Å². The SMILES string of the molecule is CCN(C(=O)c1nc2ccccc2[nH]1)[C@@H]1C=C(NCc2ccc3cccn3c2)CCC1. The average molecular weight is 414 g/mol. The van der Waals surface area contributed by atoms with Gasteiger partial charge in [0, 0.05) is 36.7 Å². The van der Waals surface area contributed by atoms with E-state index in [9.17, 15) is 4.79 Å². The molecule has 5 rings (SSSR count). The quantitative estimate of drug-likeness (QED) is 0.489. The second-order valence-corrected chi connectivity index (χ2v) is 8.08. The topological polar surface area (TPSA) is 65.4 Å². The zero-order valence-electron chi connectivity index (χ0n) is 17.7. The number of carbonyl (C=O) groups excluding carboxylic acids is 1. The monoisotopic (exact) mass is 413 g/mol. The van der Waals surface area contributed by atoms with Crippen LogP contribution in [0.5, 0.6) is 0 Å². The fourth-order valence-corrected chi connectivity index (χ4v) is 4.41. The standard InChI is InChI=1S/C25H27N5O/c1-2-30(25(31)24-27-22-10-3-4-11-23(22)28-24)21-8-5-7-19(15-21)26-16-18-12-13-20-9-6-14-29(20)17-18/h3-4,6,9-15,17,21,26H,2,5,7-8,16H2,1H3,(H,27,28)/t21-/m0/s1. The van der Waals surface area contributed by atoms with Crippen molar-refractivity contribution < 1.29 is 4.79 Å². The molecule has 1 aliphatic carbocycles. The summed E-state index contributed by atoms with van der Waals surface area (Å²) in [5.41, 5.74) is 5.35. The van der Waals surface area contributed by atoms with Crippen molar-refractivity contribution >= 4 is 22.5 Å². The number of aromatic amines is 1. The zero-order chi connectivity index (χ0) is 21.2. The minimum atomic E-state index is -0.0424. The number of amides is 1. The molecule has 0 radical (unpaired) electrons. The van der Waals surface area contributed by atoms with Crippen molar-refractivity contribution in [2.75, 3.05) is 6.54 Å². The Bertz CT molecular complexity index is 1220. The predicted octanol–water partition coefficient (Wildman–Crippen LogP) is 4.50. The first-order chi connectivity index (χ1) is 15.2. The van der Waals surface area contributed by atoms with Gasteiger partial charge in [-0.15, -0.1) is 0 Å². The first-order valence-corrected chi connectivity index (χ1v) is 11.0. The molecule has 4 aromatic rings. The van der Waals surface area contributed by atoms with E-state index in [0.29, 0.717) is 12.4 Å². The van der Waals surface area contributed by atoms with E-state index in [0.717, 1.165) is 36.8 Å². The minimum absolute atomic E-state index is 0.0424. The first-order valence-electron chi connectivity index (χ1n) is 11.0. The van der Waals surface area contributed by atoms with Gasteiger partial charge in [-0.05, 0) is 68.2 Å². The third kappa shape index (κ3) is 3.93. The number of hydrogen-bond acceptors (Lipinski definition) is 3. The highest BCUT2D eigenvalue weighted by molar-refractivity contribution is 5.94. The molecule has 2 N–H and O–H groups in total. The summed E-state index contributed by atoms with van der Waals surface area (Å²) >= 11 is 0. The van der Waals surface area contributed by atoms with E-state index in [4.69, 9.17) is 0 Å². The molecule has 1 atom stereocenters. The summed E-state index contributed by atoms with van der Waals surface area (Å²) in [6.45, 7) is 3.45. The largest absolute Gasteiger partial charge is 0.384 e. The van der Waals surface area contributed by atoms with Crippen LogP contribution in [0.2, 0.25) is 0 Å². The maximum Gasteiger partial charge on any atom is 0.290 e. The third-order valence-corrected chi connectivity index (χ3v) is 6.04. The minimum Gasteiger partial charge on any atom is -0.384 e. The summed E-state index contributed by atoms with van der Waals surface area (Å²) in [5.74, 6) is 0.371. The number of rotatable bonds is 6. The number of nitrogens with one attached hydrogen (secondary N) is 2. The van der Waals surface area contributed by atoms with E-state index < -0.39 is 0 Å². The number of hydrogen-bond donors (Lipinski definition) is 2. The molecule has 0 aliphatic heterocycles. The Morgan fingerprint density at radius 2 is 2.13 bits per heavy atom. The van der Waals surface area contributed by atoms with Crippen molar-refractivity contribution in [1.82, 2.24) is 24.6 Å². The van der Waals surface area contributed by atoms with Crippen molar-refractivity contribution in [1.29, 1.82) is 0 Å². The van der Waals surface area contributed by atoms with Crippen LogP contribution in [0.1, 0.15) is 42.4 Å². The van der Waals surface area contributed by atoms with Crippen LogP contribution in [0.3, 0.4) is 0 Å². The molecule has 0 bridgehead atoms. The molecule has 6 nitrogen and oxygen atoms in total. The van der Waals surface area contributed by atoms with Gasteiger partial charge in [-0.3, -0.25) is 4.79 Å². The van der Waals surface area contributed by atoms with E-state index in [-0.39, 0.29) is 11.9 Å². The van der Waals surface area contributed by atoms with Crippen LogP contribution in [0.25, 0.3) is 16.6 Å². The highest BCUT2D eigenvalue weighted by atomic mass is 16.2. The molecular weight excluding hydrogens is 386 g/mol. The molecule has 0 unspecified atom stereocenters. The van der Waals surface area contributed by atoms with Crippen molar-refractivity contribution in [3.63, 3.8) is 0 Å². The van der Waals surface area contributed by atoms with Crippen LogP contribution in [-0.2, 0) is 6.54 Å². The van der Waals surface area contributed by atoms with Gasteiger partial charge in [0.05, 0.1) is 17.1 Å². The number of imidazole rings is 1. The Morgan fingerprint density at radius 1 is 1.23 bits per heavy atom. The number of allylic oxidation sites excluding steroid dienone is 1. The number of likely N-dealkylation sites (N-methyl/N-ethyl adjacent to an activating group) is 1. The summed E-state index contributed by atoms with van der Waals surface area (Å²) in [6, 6.07) is 16.3. The Labute approximate surface area is 181 Å². The fraction of sp³-hybridized carbons (Fsp3) is 0.280. The highest BCUT2D eigenvalue weighted by Gasteiger charge is 2.26. The van der Waals surface area contributed by atoms with Crippen molar-refractivity contribution in [2.45, 2.75) is 38.8 Å². The molecule has 6 heteroatoms. The molecule has 158 valence electrons. The number of aromatic nitrogens is 3. The molecule has 0 spiro atoms. The number of pyridine rings is 1. The molecular formula is C25H27N5O. The molecule has 1 aromatic carbocycles. The number of benzene rings is 1. The van der Waals surface area contributed by atoms with Crippen molar-refractivity contribution in [3.05, 3.63) is 84.1 Å². The number of para-hydroxylation sites is 2. The smallest absolute Gasteiger partial charge is 0.290 e. The maximum atomic E-state index is 13.2. The molecule has 3 heterocycles. The lowest BCUT2D eigenvalue weighted by atomic mass is 9.98. The lowest BCUT2D eigenvalue weighted by molar-refractivity contribution is 0.0700. The summed E-state index contributed by atoms with van der Waals surface area (Å²) < 4.78 is 2.14. The van der Waals surface area contributed by atoms with Crippen molar-refractivity contribution in [3.8, 4) is 0 Å². The van der Waals surface area contributed by atoms with E-state index in [1.165, 1.54) is 16.8 Å². The molecule has 0 saturated carbocycles. The van der Waals surface area contributed by atoms with E-state index >= 15 is 0 Å². The van der Waals surface area contributed by atoms with Crippen LogP contribution in [0.15, 0.2) is 72.7 Å². The Morgan fingerprint density at radius 3 is 3.00 bits per heavy atom. The van der Waals surface area contributed by atoms with E-state index in [1.54, 1.807) is 0 Å². The number of nitrogens with zero attached hydrogens (tertiary/aromatic N) is 3. The second kappa shape index (κ2) is 8.30. The Hall–Kier alpha value is -3.54. The molecule has 31 heavy (non-hydrogen) atoms. The van der Waals surface area contributed by atoms with Gasteiger partial charge in [0.1, 0.15) is 0 Å². The Kier molecular flexibility index (Phi) is 5.20. The summed E-state index contributed by atoms with van der Waals surface area (Å²) in [6.07, 6.45) is 9.49. The zero-order valence-corrected chi connectivity index (χ0v) is 17.7. The van der Waals surface area contributed by atoms with Gasteiger partial charge in [0.15, 0.2) is 5.82 Å². The van der Waals surface area contributed by atoms with Gasteiger partial charge in [-0.2, -0.15) is 0 Å². The summed E-state index contributed by atoms with van der Waals surface area (Å²) in [5, 5.41) is 3.59. The molecule has 0 saturated heterocycles. The van der Waals surface area contributed by atoms with E-state index in [2.05, 4.69) is 62.4 Å². The van der Waals surface area contributed by atoms with Gasteiger partial charge < -0.3 is 19.6 Å². The van der Waals surface area contributed by atoms with Crippen LogP contribution < -0.4 is 5.32 Å². The molecule has 3 aromatic heterocycles. The number of H-pyrrole nitrogens is 1. The number of carbonyl (C=O) groups is 1. The normalized spacial score (nSPS) is 16.4. The fourth-order valence-electron chi connectivity index (χ4n) is 4.41. The van der Waals surface area contributed by atoms with Crippen LogP contribution >= 0.6 is 0 Å². The average Bonchev–Trinajstić information content (AvgIpc) is 3.45. The van der Waals surface area contributed by atoms with Crippen LogP contribution in [0.4, 0.5) is 0 Å². The second-order valence-electron chi connectivity index (χ2n) is 8.08. The van der Waals surface area contributed by atoms with Gasteiger partial charge in [-0.25, -0.2) is 4.98 Å². The maximum absolute atomic E-state index is 13.2. The number of fused-ring (bicyclic) bond motifs is 2. The lowest BCUT2D eigenvalue weighted by Crippen LogP contribution is -2.41. The van der Waals surface area contributed by atoms with Gasteiger partial charge in [-0.1, -0.05) is 18.2 Å². The molecule has 1 aliphatic rings. The van der Waals surface area contributed by atoms with Crippen LogP contribution in [0, 0.1) is 0 Å². The molecule has 0 fully saturated rings. The summed E-state index contributed by atoms with van der Waals surface area (Å²) in [4.78, 5) is 22.8. The van der Waals surface area contributed by atoms with E-state index in [1.807, 2.05) is 36.1 Å². The van der Waals surface area contributed by atoms with Gasteiger partial charge in [0.25, 0.3) is 5.91 Å². The van der Waals surface area contributed by atoms with Gasteiger partial charge >= 0.3 is 0 Å². The third-order valence-electron chi connectivity index (χ3n) is 6.04. The summed E-state index contributed by atoms with van der Waals surface area (Å²) in [7, 11) is 0. The van der Waals surface area contributed by atoms with Crippen LogP contribution in [-0.4, -0.2) is 37.8 Å².